The maximum Gasteiger partial charge on any atom is 0.234 e. The number of anilines is 1. The molecule has 0 bridgehead atoms. The largest absolute Gasteiger partial charge is 0.285 e. The first-order valence-corrected chi connectivity index (χ1v) is 6.90. The smallest absolute Gasteiger partial charge is 0.234 e. The molecular weight excluding hydrogens is 254 g/mol. The van der Waals surface area contributed by atoms with E-state index < -0.39 is 10.0 Å². The highest BCUT2D eigenvalue weighted by molar-refractivity contribution is 7.89. The van der Waals surface area contributed by atoms with E-state index in [-0.39, 0.29) is 24.0 Å². The summed E-state index contributed by atoms with van der Waals surface area (Å²) in [6.45, 7) is 0.298. The minimum atomic E-state index is -3.55. The summed E-state index contributed by atoms with van der Waals surface area (Å²) in [6, 6.07) is 0. The fourth-order valence-electron chi connectivity index (χ4n) is 1.64. The molecule has 1 amide bonds. The first-order chi connectivity index (χ1) is 7.46. The number of aromatic nitrogens is 3. The molecule has 0 aromatic carbocycles. The van der Waals surface area contributed by atoms with Crippen LogP contribution in [0.4, 0.5) is 5.13 Å². The van der Waals surface area contributed by atoms with Gasteiger partial charge in [0, 0.05) is 30.4 Å². The fourth-order valence-corrected chi connectivity index (χ4v) is 3.01. The predicted octanol–water partition coefficient (Wildman–Crippen LogP) is -1.43. The zero-order valence-corrected chi connectivity index (χ0v) is 9.74. The lowest BCUT2D eigenvalue weighted by molar-refractivity contribution is -0.117. The lowest BCUT2D eigenvalue weighted by Crippen LogP contribution is -2.27. The van der Waals surface area contributed by atoms with Gasteiger partial charge in [-0.2, -0.15) is 0 Å². The molecular formula is C6H9N5O3S2. The van der Waals surface area contributed by atoms with Gasteiger partial charge in [-0.05, 0) is 5.21 Å². The summed E-state index contributed by atoms with van der Waals surface area (Å²) in [5, 5.41) is 12.4. The highest BCUT2D eigenvalue weighted by atomic mass is 32.2. The number of nitrogens with zero attached hydrogens (tertiary/aromatic N) is 4. The first kappa shape index (κ1) is 11.4. The molecule has 1 aliphatic rings. The highest BCUT2D eigenvalue weighted by Gasteiger charge is 2.34. The van der Waals surface area contributed by atoms with Gasteiger partial charge >= 0.3 is 0 Å². The second-order valence-electron chi connectivity index (χ2n) is 3.55. The molecule has 88 valence electrons. The molecule has 0 aliphatic carbocycles. The molecule has 10 heteroatoms. The van der Waals surface area contributed by atoms with Crippen molar-refractivity contribution >= 4 is 32.6 Å². The second kappa shape index (κ2) is 4.03. The third-order valence-electron chi connectivity index (χ3n) is 2.19. The molecule has 0 saturated carbocycles. The maximum absolute atomic E-state index is 11.6. The van der Waals surface area contributed by atoms with Crippen LogP contribution in [0.25, 0.3) is 0 Å². The van der Waals surface area contributed by atoms with Gasteiger partial charge in [-0.1, -0.05) is 9.59 Å². The minimum Gasteiger partial charge on any atom is -0.285 e. The molecule has 0 radical (unpaired) electrons. The van der Waals surface area contributed by atoms with Crippen LogP contribution < -0.4 is 10.0 Å². The molecule has 1 aromatic rings. The monoisotopic (exact) mass is 263 g/mol. The van der Waals surface area contributed by atoms with Gasteiger partial charge in [0.25, 0.3) is 0 Å². The zero-order valence-electron chi connectivity index (χ0n) is 8.11. The van der Waals surface area contributed by atoms with Crippen molar-refractivity contribution in [3.05, 3.63) is 0 Å². The number of primary sulfonamides is 1. The van der Waals surface area contributed by atoms with E-state index in [4.69, 9.17) is 5.14 Å². The molecule has 2 rings (SSSR count). The Kier molecular flexibility index (Phi) is 2.86. The molecule has 2 N–H and O–H groups in total. The van der Waals surface area contributed by atoms with Crippen LogP contribution in [0.3, 0.4) is 0 Å². The van der Waals surface area contributed by atoms with Crippen molar-refractivity contribution in [2.75, 3.05) is 17.2 Å². The van der Waals surface area contributed by atoms with Crippen molar-refractivity contribution in [3.63, 3.8) is 0 Å². The average molecular weight is 263 g/mol. The number of carbonyl (C=O) groups excluding carboxylic acids is 1. The van der Waals surface area contributed by atoms with Crippen molar-refractivity contribution in [1.29, 1.82) is 0 Å². The predicted molar refractivity (Wildman–Crippen MR) is 56.1 cm³/mol. The van der Waals surface area contributed by atoms with Crippen molar-refractivity contribution < 1.29 is 13.2 Å². The Labute approximate surface area is 95.6 Å². The second-order valence-corrected chi connectivity index (χ2v) is 5.92. The van der Waals surface area contributed by atoms with E-state index in [1.54, 1.807) is 0 Å². The fraction of sp³-hybridized carbons (Fsp3) is 0.667. The Morgan fingerprint density at radius 2 is 2.31 bits per heavy atom. The summed E-state index contributed by atoms with van der Waals surface area (Å²) < 4.78 is 25.3. The van der Waals surface area contributed by atoms with Crippen molar-refractivity contribution in [2.45, 2.75) is 6.42 Å². The number of carbonyl (C=O) groups is 1. The van der Waals surface area contributed by atoms with E-state index in [0.29, 0.717) is 11.7 Å². The van der Waals surface area contributed by atoms with Gasteiger partial charge in [0.1, 0.15) is 0 Å². The number of nitrogens with two attached hydrogens (primary N) is 1. The van der Waals surface area contributed by atoms with Gasteiger partial charge in [-0.3, -0.25) is 9.69 Å². The Hall–Kier alpha value is -1.13. The standard InChI is InChI=1S/C6H9N5O3S2/c7-16(13,14)3-4-1-5(12)11(2-4)6-8-9-10-15-6/h4H,1-3H2,(H2,7,13,14). The van der Waals surface area contributed by atoms with Crippen molar-refractivity contribution in [2.24, 2.45) is 11.1 Å². The van der Waals surface area contributed by atoms with Crippen LogP contribution in [0.1, 0.15) is 6.42 Å². The van der Waals surface area contributed by atoms with Gasteiger partial charge < -0.3 is 0 Å². The lowest BCUT2D eigenvalue weighted by atomic mass is 10.1. The van der Waals surface area contributed by atoms with Crippen LogP contribution in [0.15, 0.2) is 0 Å². The molecule has 1 unspecified atom stereocenters. The minimum absolute atomic E-state index is 0.163. The average Bonchev–Trinajstić information content (AvgIpc) is 2.71. The number of sulfonamides is 1. The summed E-state index contributed by atoms with van der Waals surface area (Å²) in [6.07, 6.45) is 0.163. The first-order valence-electron chi connectivity index (χ1n) is 4.41. The van der Waals surface area contributed by atoms with Gasteiger partial charge in [-0.25, -0.2) is 13.6 Å². The molecule has 0 spiro atoms. The third kappa shape index (κ3) is 2.51. The van der Waals surface area contributed by atoms with Crippen LogP contribution >= 0.6 is 11.5 Å². The Morgan fingerprint density at radius 1 is 1.56 bits per heavy atom. The maximum atomic E-state index is 11.6. The van der Waals surface area contributed by atoms with Gasteiger partial charge in [0.15, 0.2) is 0 Å². The summed E-state index contributed by atoms with van der Waals surface area (Å²) in [7, 11) is -3.55. The van der Waals surface area contributed by atoms with Crippen LogP contribution in [-0.4, -0.2) is 41.4 Å². The SMILES string of the molecule is NS(=O)(=O)CC1CC(=O)N(c2nnns2)C1. The Bertz CT molecular complexity index is 484. The Morgan fingerprint density at radius 3 is 2.88 bits per heavy atom. The summed E-state index contributed by atoms with van der Waals surface area (Å²) in [5.41, 5.74) is 0. The van der Waals surface area contributed by atoms with Gasteiger partial charge in [0.05, 0.1) is 5.75 Å². The molecule has 1 aliphatic heterocycles. The topological polar surface area (TPSA) is 119 Å². The molecule has 1 atom stereocenters. The van der Waals surface area contributed by atoms with Crippen molar-refractivity contribution in [3.8, 4) is 0 Å². The molecule has 1 aromatic heterocycles. The number of hydrogen-bond donors (Lipinski definition) is 1. The molecule has 1 fully saturated rings. The van der Waals surface area contributed by atoms with Crippen molar-refractivity contribution in [1.82, 2.24) is 14.8 Å². The number of rotatable bonds is 3. The molecule has 2 heterocycles. The van der Waals surface area contributed by atoms with Crippen LogP contribution in [0.5, 0.6) is 0 Å². The van der Waals surface area contributed by atoms with E-state index in [1.165, 1.54) is 4.90 Å². The van der Waals surface area contributed by atoms with E-state index in [9.17, 15) is 13.2 Å². The summed E-state index contributed by atoms with van der Waals surface area (Å²) >= 11 is 0.996. The lowest BCUT2D eigenvalue weighted by Gasteiger charge is -2.10. The van der Waals surface area contributed by atoms with E-state index in [0.717, 1.165) is 11.5 Å². The molecule has 1 saturated heterocycles. The summed E-state index contributed by atoms with van der Waals surface area (Å²) in [5.74, 6) is -0.653. The van der Waals surface area contributed by atoms with E-state index in [1.807, 2.05) is 0 Å². The van der Waals surface area contributed by atoms with E-state index >= 15 is 0 Å². The summed E-state index contributed by atoms with van der Waals surface area (Å²) in [4.78, 5) is 13.0. The van der Waals surface area contributed by atoms with Crippen LogP contribution in [-0.2, 0) is 14.8 Å². The van der Waals surface area contributed by atoms with Gasteiger partial charge in [0.2, 0.25) is 21.1 Å². The molecule has 8 nitrogen and oxygen atoms in total. The van der Waals surface area contributed by atoms with Gasteiger partial charge in [-0.15, -0.1) is 0 Å². The number of amides is 1. The normalized spacial score (nSPS) is 21.7. The highest BCUT2D eigenvalue weighted by Crippen LogP contribution is 2.25. The third-order valence-corrected chi connectivity index (χ3v) is 3.75. The van der Waals surface area contributed by atoms with Crippen LogP contribution in [0, 0.1) is 5.92 Å². The zero-order chi connectivity index (χ0) is 11.8. The van der Waals surface area contributed by atoms with Crippen LogP contribution in [0.2, 0.25) is 0 Å². The quantitative estimate of drug-likeness (QED) is 0.714. The number of hydrogen-bond acceptors (Lipinski definition) is 7. The molecule has 16 heavy (non-hydrogen) atoms. The van der Waals surface area contributed by atoms with E-state index in [2.05, 4.69) is 14.8 Å². The Balaban J connectivity index is 2.08.